The number of amides is 2. The van der Waals surface area contributed by atoms with Crippen LogP contribution in [-0.2, 0) is 0 Å². The van der Waals surface area contributed by atoms with Crippen molar-refractivity contribution >= 4 is 40.0 Å². The lowest BCUT2D eigenvalue weighted by Crippen LogP contribution is -2.20. The Kier molecular flexibility index (Phi) is 5.13. The van der Waals surface area contributed by atoms with E-state index in [9.17, 15) is 14.3 Å². The van der Waals surface area contributed by atoms with Crippen molar-refractivity contribution in [1.29, 1.82) is 0 Å². The van der Waals surface area contributed by atoms with Crippen molar-refractivity contribution in [3.63, 3.8) is 0 Å². The molecule has 2 amide bonds. The summed E-state index contributed by atoms with van der Waals surface area (Å²) < 4.78 is 13.6. The minimum absolute atomic E-state index is 0.348. The standard InChI is InChI=1S/C15H14FIN2O2/c1-9(20)10-2-5-12(6-3-10)18-15(21)19-14-7-4-11(16)8-13(14)17/h2-9,20H,1H3,(H2,18,19,21). The van der Waals surface area contributed by atoms with Crippen molar-refractivity contribution in [3.05, 3.63) is 57.4 Å². The lowest BCUT2D eigenvalue weighted by Gasteiger charge is -2.10. The maximum Gasteiger partial charge on any atom is 0.323 e. The number of carbonyl (C=O) groups is 1. The van der Waals surface area contributed by atoms with Crippen LogP contribution >= 0.6 is 22.6 Å². The third-order valence-corrected chi connectivity index (χ3v) is 3.72. The van der Waals surface area contributed by atoms with Crippen LogP contribution in [-0.4, -0.2) is 11.1 Å². The van der Waals surface area contributed by atoms with Crippen LogP contribution in [0.3, 0.4) is 0 Å². The van der Waals surface area contributed by atoms with Crippen molar-refractivity contribution in [3.8, 4) is 0 Å². The Hall–Kier alpha value is -1.67. The molecule has 0 aliphatic carbocycles. The van der Waals surface area contributed by atoms with E-state index in [1.54, 1.807) is 31.2 Å². The van der Waals surface area contributed by atoms with Crippen LogP contribution in [0.5, 0.6) is 0 Å². The lowest BCUT2D eigenvalue weighted by molar-refractivity contribution is 0.199. The summed E-state index contributed by atoms with van der Waals surface area (Å²) in [6.45, 7) is 1.67. The van der Waals surface area contributed by atoms with E-state index < -0.39 is 12.1 Å². The quantitative estimate of drug-likeness (QED) is 0.679. The van der Waals surface area contributed by atoms with Crippen molar-refractivity contribution in [2.75, 3.05) is 10.6 Å². The molecule has 4 nitrogen and oxygen atoms in total. The smallest absolute Gasteiger partial charge is 0.323 e. The summed E-state index contributed by atoms with van der Waals surface area (Å²) in [5, 5.41) is 14.7. The minimum Gasteiger partial charge on any atom is -0.389 e. The van der Waals surface area contributed by atoms with Gasteiger partial charge in [-0.2, -0.15) is 0 Å². The van der Waals surface area contributed by atoms with E-state index in [4.69, 9.17) is 0 Å². The number of urea groups is 1. The summed E-state index contributed by atoms with van der Waals surface area (Å²) in [5.41, 5.74) is 1.91. The number of hydrogen-bond donors (Lipinski definition) is 3. The molecular weight excluding hydrogens is 386 g/mol. The average Bonchev–Trinajstić information content (AvgIpc) is 2.42. The predicted molar refractivity (Wildman–Crippen MR) is 88.8 cm³/mol. The molecule has 0 fully saturated rings. The number of aliphatic hydroxyl groups is 1. The van der Waals surface area contributed by atoms with Gasteiger partial charge in [0.15, 0.2) is 0 Å². The molecule has 0 saturated carbocycles. The van der Waals surface area contributed by atoms with Gasteiger partial charge < -0.3 is 15.7 Å². The van der Waals surface area contributed by atoms with Gasteiger partial charge in [0.25, 0.3) is 0 Å². The van der Waals surface area contributed by atoms with Gasteiger partial charge in [-0.1, -0.05) is 12.1 Å². The Bertz CT molecular complexity index is 645. The lowest BCUT2D eigenvalue weighted by atomic mass is 10.1. The highest BCUT2D eigenvalue weighted by atomic mass is 127. The van der Waals surface area contributed by atoms with Gasteiger partial charge in [-0.05, 0) is 65.4 Å². The Morgan fingerprint density at radius 3 is 2.43 bits per heavy atom. The van der Waals surface area contributed by atoms with Crippen LogP contribution in [0.1, 0.15) is 18.6 Å². The van der Waals surface area contributed by atoms with Crippen LogP contribution < -0.4 is 10.6 Å². The highest BCUT2D eigenvalue weighted by molar-refractivity contribution is 14.1. The Labute approximate surface area is 135 Å². The second kappa shape index (κ2) is 6.86. The Morgan fingerprint density at radius 1 is 1.19 bits per heavy atom. The highest BCUT2D eigenvalue weighted by Crippen LogP contribution is 2.20. The fourth-order valence-corrected chi connectivity index (χ4v) is 2.33. The molecule has 1 unspecified atom stereocenters. The molecule has 0 aliphatic heterocycles. The van der Waals surface area contributed by atoms with E-state index in [-0.39, 0.29) is 5.82 Å². The Balaban J connectivity index is 2.01. The fourth-order valence-electron chi connectivity index (χ4n) is 1.72. The largest absolute Gasteiger partial charge is 0.389 e. The molecule has 1 atom stereocenters. The first-order valence-corrected chi connectivity index (χ1v) is 7.34. The maximum absolute atomic E-state index is 13.0. The third-order valence-electron chi connectivity index (χ3n) is 2.83. The molecule has 2 rings (SSSR count). The van der Waals surface area contributed by atoms with Gasteiger partial charge in [-0.25, -0.2) is 9.18 Å². The molecule has 0 spiro atoms. The molecule has 0 radical (unpaired) electrons. The summed E-state index contributed by atoms with van der Waals surface area (Å²) in [7, 11) is 0. The molecule has 2 aromatic rings. The van der Waals surface area contributed by atoms with E-state index in [2.05, 4.69) is 10.6 Å². The predicted octanol–water partition coefficient (Wildman–Crippen LogP) is 4.13. The number of nitrogens with one attached hydrogen (secondary N) is 2. The van der Waals surface area contributed by atoms with Crippen LogP contribution in [0, 0.1) is 9.39 Å². The zero-order valence-electron chi connectivity index (χ0n) is 11.2. The number of aliphatic hydroxyl groups excluding tert-OH is 1. The second-order valence-electron chi connectivity index (χ2n) is 4.50. The van der Waals surface area contributed by atoms with Crippen molar-refractivity contribution in [1.82, 2.24) is 0 Å². The van der Waals surface area contributed by atoms with E-state index >= 15 is 0 Å². The zero-order valence-corrected chi connectivity index (χ0v) is 13.4. The van der Waals surface area contributed by atoms with Crippen molar-refractivity contribution < 1.29 is 14.3 Å². The van der Waals surface area contributed by atoms with Crippen molar-refractivity contribution in [2.24, 2.45) is 0 Å². The van der Waals surface area contributed by atoms with E-state index in [0.717, 1.165) is 5.56 Å². The summed E-state index contributed by atoms with van der Waals surface area (Å²) in [4.78, 5) is 11.9. The first-order chi connectivity index (χ1) is 9.95. The van der Waals surface area contributed by atoms with Gasteiger partial charge in [0.1, 0.15) is 5.82 Å². The topological polar surface area (TPSA) is 61.4 Å². The van der Waals surface area contributed by atoms with Gasteiger partial charge in [0.05, 0.1) is 11.8 Å². The highest BCUT2D eigenvalue weighted by Gasteiger charge is 2.07. The summed E-state index contributed by atoms with van der Waals surface area (Å²) in [6, 6.07) is 10.6. The Morgan fingerprint density at radius 2 is 1.86 bits per heavy atom. The van der Waals surface area contributed by atoms with Gasteiger partial charge >= 0.3 is 6.03 Å². The monoisotopic (exact) mass is 400 g/mol. The third kappa shape index (κ3) is 4.40. The minimum atomic E-state index is -0.548. The molecule has 110 valence electrons. The van der Waals surface area contributed by atoms with E-state index in [1.807, 2.05) is 22.6 Å². The SMILES string of the molecule is CC(O)c1ccc(NC(=O)Nc2ccc(F)cc2I)cc1. The molecular formula is C15H14FIN2O2. The fraction of sp³-hybridized carbons (Fsp3) is 0.133. The maximum atomic E-state index is 13.0. The van der Waals surface area contributed by atoms with Crippen LogP contribution in [0.2, 0.25) is 0 Å². The molecule has 0 aliphatic rings. The number of halogens is 2. The number of hydrogen-bond acceptors (Lipinski definition) is 2. The van der Waals surface area contributed by atoms with E-state index in [0.29, 0.717) is 14.9 Å². The first kappa shape index (κ1) is 15.7. The first-order valence-electron chi connectivity index (χ1n) is 6.27. The van der Waals surface area contributed by atoms with Gasteiger partial charge in [0.2, 0.25) is 0 Å². The van der Waals surface area contributed by atoms with Gasteiger partial charge in [-0.3, -0.25) is 0 Å². The van der Waals surface area contributed by atoms with Gasteiger partial charge in [0, 0.05) is 9.26 Å². The van der Waals surface area contributed by atoms with Crippen LogP contribution in [0.25, 0.3) is 0 Å². The zero-order chi connectivity index (χ0) is 15.4. The number of rotatable bonds is 3. The summed E-state index contributed by atoms with van der Waals surface area (Å²) >= 11 is 1.95. The molecule has 3 N–H and O–H groups in total. The number of anilines is 2. The average molecular weight is 400 g/mol. The molecule has 2 aromatic carbocycles. The van der Waals surface area contributed by atoms with E-state index in [1.165, 1.54) is 18.2 Å². The van der Waals surface area contributed by atoms with Crippen molar-refractivity contribution in [2.45, 2.75) is 13.0 Å². The molecule has 0 aromatic heterocycles. The second-order valence-corrected chi connectivity index (χ2v) is 5.66. The normalized spacial score (nSPS) is 11.8. The van der Waals surface area contributed by atoms with Gasteiger partial charge in [-0.15, -0.1) is 0 Å². The van der Waals surface area contributed by atoms with Crippen LogP contribution in [0.15, 0.2) is 42.5 Å². The summed E-state index contributed by atoms with van der Waals surface area (Å²) in [5.74, 6) is -0.348. The molecule has 0 bridgehead atoms. The summed E-state index contributed by atoms with van der Waals surface area (Å²) in [6.07, 6.45) is -0.548. The molecule has 0 heterocycles. The molecule has 0 saturated heterocycles. The number of carbonyl (C=O) groups excluding carboxylic acids is 1. The molecule has 21 heavy (non-hydrogen) atoms. The van der Waals surface area contributed by atoms with Crippen LogP contribution in [0.4, 0.5) is 20.6 Å². The molecule has 6 heteroatoms. The number of benzene rings is 2.